The lowest BCUT2D eigenvalue weighted by Gasteiger charge is -2.20. The molecular weight excluding hydrogens is 474 g/mol. The number of rotatable bonds is 6. The van der Waals surface area contributed by atoms with E-state index in [0.29, 0.717) is 44.8 Å². The Morgan fingerprint density at radius 3 is 2.19 bits per heavy atom. The molecular formula is C27H21N5O5. The van der Waals surface area contributed by atoms with Gasteiger partial charge < -0.3 is 9.84 Å². The Morgan fingerprint density at radius 2 is 1.51 bits per heavy atom. The number of β-amino-alcohol motifs (C(OH)–C–C–N with tert-alkyl or cyclic N) is 1. The molecule has 1 aliphatic heterocycles. The summed E-state index contributed by atoms with van der Waals surface area (Å²) in [5.74, 6) is 0.127. The fourth-order valence-corrected chi connectivity index (χ4v) is 4.66. The first-order chi connectivity index (χ1) is 18.0. The van der Waals surface area contributed by atoms with Gasteiger partial charge in [-0.15, -0.1) is 5.10 Å². The molecule has 0 unspecified atom stereocenters. The number of aromatic nitrogens is 4. The quantitative estimate of drug-likeness (QED) is 0.359. The number of hydrogen-bond acceptors (Lipinski definition) is 7. The molecule has 10 nitrogen and oxygen atoms in total. The smallest absolute Gasteiger partial charge is 0.351 e. The van der Waals surface area contributed by atoms with E-state index in [-0.39, 0.29) is 13.1 Å². The second-order valence-corrected chi connectivity index (χ2v) is 8.73. The average molecular weight is 495 g/mol. The van der Waals surface area contributed by atoms with Gasteiger partial charge in [0.05, 0.1) is 42.9 Å². The Hall–Kier alpha value is -4.83. The van der Waals surface area contributed by atoms with Crippen molar-refractivity contribution in [1.82, 2.24) is 24.1 Å². The molecule has 1 atom stereocenters. The molecule has 1 aliphatic rings. The van der Waals surface area contributed by atoms with E-state index in [2.05, 4.69) is 10.1 Å². The predicted molar refractivity (Wildman–Crippen MR) is 135 cm³/mol. The molecule has 2 aromatic heterocycles. The number of nitrogens with zero attached hydrogens (tertiary/aromatic N) is 5. The van der Waals surface area contributed by atoms with Gasteiger partial charge in [-0.1, -0.05) is 24.3 Å². The van der Waals surface area contributed by atoms with Crippen LogP contribution in [-0.2, 0) is 6.54 Å². The van der Waals surface area contributed by atoms with Crippen molar-refractivity contribution in [3.05, 3.63) is 94.4 Å². The zero-order valence-corrected chi connectivity index (χ0v) is 19.7. The van der Waals surface area contributed by atoms with Crippen LogP contribution in [0.2, 0.25) is 0 Å². The number of benzene rings is 3. The molecule has 3 aromatic carbocycles. The lowest BCUT2D eigenvalue weighted by atomic mass is 10.1. The third kappa shape index (κ3) is 3.66. The predicted octanol–water partition coefficient (Wildman–Crippen LogP) is 2.38. The fraction of sp³-hybridized carbons (Fsp3) is 0.148. The Morgan fingerprint density at radius 1 is 0.865 bits per heavy atom. The summed E-state index contributed by atoms with van der Waals surface area (Å²) in [6.45, 7) is -0.403. The summed E-state index contributed by atoms with van der Waals surface area (Å²) >= 11 is 0. The number of aliphatic hydroxyl groups excluding tert-OH is 1. The summed E-state index contributed by atoms with van der Waals surface area (Å²) in [5.41, 5.74) is 1.76. The highest BCUT2D eigenvalue weighted by Crippen LogP contribution is 2.25. The highest BCUT2D eigenvalue weighted by Gasteiger charge is 2.36. The van der Waals surface area contributed by atoms with E-state index < -0.39 is 23.6 Å². The normalized spacial score (nSPS) is 13.9. The maximum Gasteiger partial charge on any atom is 0.351 e. The molecule has 10 heteroatoms. The van der Waals surface area contributed by atoms with E-state index in [0.717, 1.165) is 4.90 Å². The largest absolute Gasteiger partial charge is 0.497 e. The van der Waals surface area contributed by atoms with Gasteiger partial charge in [0.25, 0.3) is 11.8 Å². The molecule has 3 heterocycles. The average Bonchev–Trinajstić information content (AvgIpc) is 3.48. The molecule has 0 saturated heterocycles. The van der Waals surface area contributed by atoms with E-state index in [1.807, 2.05) is 12.1 Å². The summed E-state index contributed by atoms with van der Waals surface area (Å²) in [6.07, 6.45) is -1.19. The molecule has 0 bridgehead atoms. The van der Waals surface area contributed by atoms with Gasteiger partial charge >= 0.3 is 5.69 Å². The van der Waals surface area contributed by atoms with Crippen LogP contribution in [0.1, 0.15) is 20.7 Å². The van der Waals surface area contributed by atoms with Crippen LogP contribution < -0.4 is 10.4 Å². The molecule has 184 valence electrons. The van der Waals surface area contributed by atoms with Crippen LogP contribution in [-0.4, -0.2) is 60.7 Å². The minimum absolute atomic E-state index is 0.152. The fourth-order valence-electron chi connectivity index (χ4n) is 4.66. The van der Waals surface area contributed by atoms with Crippen LogP contribution in [0.5, 0.6) is 5.75 Å². The maximum atomic E-state index is 13.5. The van der Waals surface area contributed by atoms with Crippen molar-refractivity contribution < 1.29 is 19.4 Å². The van der Waals surface area contributed by atoms with Crippen molar-refractivity contribution in [2.45, 2.75) is 12.6 Å². The molecule has 1 N–H and O–H groups in total. The van der Waals surface area contributed by atoms with Crippen molar-refractivity contribution >= 4 is 28.4 Å². The Balaban J connectivity index is 1.37. The molecule has 0 aliphatic carbocycles. The summed E-state index contributed by atoms with van der Waals surface area (Å²) in [4.78, 5) is 44.6. The van der Waals surface area contributed by atoms with Crippen LogP contribution in [0.3, 0.4) is 0 Å². The van der Waals surface area contributed by atoms with Gasteiger partial charge in [0.1, 0.15) is 5.75 Å². The number of carbonyl (C=O) groups is 2. The van der Waals surface area contributed by atoms with Crippen molar-refractivity contribution in [3.63, 3.8) is 0 Å². The number of aliphatic hydroxyl groups is 1. The number of imide groups is 1. The molecule has 0 fully saturated rings. The monoisotopic (exact) mass is 495 g/mol. The Kier molecular flexibility index (Phi) is 5.31. The first-order valence-electron chi connectivity index (χ1n) is 11.6. The van der Waals surface area contributed by atoms with Gasteiger partial charge in [0.15, 0.2) is 11.5 Å². The molecule has 2 amide bonds. The minimum Gasteiger partial charge on any atom is -0.497 e. The minimum atomic E-state index is -1.19. The molecule has 0 spiro atoms. The van der Waals surface area contributed by atoms with Gasteiger partial charge in [-0.2, -0.15) is 4.52 Å². The number of hydrogen-bond donors (Lipinski definition) is 1. The summed E-state index contributed by atoms with van der Waals surface area (Å²) in [7, 11) is 1.58. The molecule has 0 saturated carbocycles. The molecule has 5 aromatic rings. The van der Waals surface area contributed by atoms with Crippen LogP contribution in [0.25, 0.3) is 27.9 Å². The SMILES string of the molecule is COc1ccc(-c2nc3c4ccccc4n(C[C@H](O)CN4C(=O)c5ccccc5C4=O)c(=O)n3n2)cc1. The van der Waals surface area contributed by atoms with Crippen LogP contribution in [0, 0.1) is 0 Å². The summed E-state index contributed by atoms with van der Waals surface area (Å²) in [6, 6.07) is 20.9. The highest BCUT2D eigenvalue weighted by molar-refractivity contribution is 6.21. The lowest BCUT2D eigenvalue weighted by Crippen LogP contribution is -2.40. The molecule has 6 rings (SSSR count). The maximum absolute atomic E-state index is 13.5. The number of carbonyl (C=O) groups excluding carboxylic acids is 2. The molecule has 0 radical (unpaired) electrons. The van der Waals surface area contributed by atoms with Gasteiger partial charge in [-0.3, -0.25) is 19.1 Å². The molecule has 37 heavy (non-hydrogen) atoms. The Labute approximate surface area is 210 Å². The number of ether oxygens (including phenoxy) is 1. The van der Waals surface area contributed by atoms with Crippen LogP contribution >= 0.6 is 0 Å². The number of methoxy groups -OCH3 is 1. The lowest BCUT2D eigenvalue weighted by molar-refractivity contribution is 0.0521. The first kappa shape index (κ1) is 22.6. The summed E-state index contributed by atoms with van der Waals surface area (Å²) in [5, 5.41) is 16.0. The second-order valence-electron chi connectivity index (χ2n) is 8.73. The zero-order chi connectivity index (χ0) is 25.7. The number of para-hydroxylation sites is 1. The standard InChI is InChI=1S/C27H21N5O5/c1-37-18-12-10-16(11-13-18)23-28-24-21-8-4-5-9-22(21)30(27(36)32(24)29-23)14-17(33)15-31-25(34)19-6-2-3-7-20(19)26(31)35/h2-13,17,33H,14-15H2,1H3/t17-/m0/s1. The second kappa shape index (κ2) is 8.68. The highest BCUT2D eigenvalue weighted by atomic mass is 16.5. The Bertz CT molecular complexity index is 1720. The zero-order valence-electron chi connectivity index (χ0n) is 19.7. The van der Waals surface area contributed by atoms with E-state index in [9.17, 15) is 19.5 Å². The first-order valence-corrected chi connectivity index (χ1v) is 11.6. The van der Waals surface area contributed by atoms with Crippen molar-refractivity contribution in [2.75, 3.05) is 13.7 Å². The van der Waals surface area contributed by atoms with Crippen molar-refractivity contribution in [1.29, 1.82) is 0 Å². The topological polar surface area (TPSA) is 119 Å². The van der Waals surface area contributed by atoms with E-state index in [4.69, 9.17) is 4.74 Å². The van der Waals surface area contributed by atoms with Crippen molar-refractivity contribution in [3.8, 4) is 17.1 Å². The number of fused-ring (bicyclic) bond motifs is 4. The van der Waals surface area contributed by atoms with Crippen LogP contribution in [0.4, 0.5) is 0 Å². The summed E-state index contributed by atoms with van der Waals surface area (Å²) < 4.78 is 7.80. The van der Waals surface area contributed by atoms with Gasteiger partial charge in [-0.05, 0) is 48.5 Å². The van der Waals surface area contributed by atoms with E-state index in [1.165, 1.54) is 9.08 Å². The van der Waals surface area contributed by atoms with Crippen LogP contribution in [0.15, 0.2) is 77.6 Å². The third-order valence-corrected chi connectivity index (χ3v) is 6.47. The van der Waals surface area contributed by atoms with Crippen molar-refractivity contribution in [2.24, 2.45) is 0 Å². The third-order valence-electron chi connectivity index (χ3n) is 6.47. The van der Waals surface area contributed by atoms with Gasteiger partial charge in [0.2, 0.25) is 0 Å². The number of amides is 2. The van der Waals surface area contributed by atoms with E-state index >= 15 is 0 Å². The van der Waals surface area contributed by atoms with Gasteiger partial charge in [0, 0.05) is 10.9 Å². The van der Waals surface area contributed by atoms with Gasteiger partial charge in [-0.25, -0.2) is 9.78 Å². The van der Waals surface area contributed by atoms with E-state index in [1.54, 1.807) is 67.8 Å².